The number of unbranched alkanes of at least 4 members (excludes halogenated alkanes) is 1. The minimum atomic E-state index is -0.266. The molecule has 2 rings (SSSR count). The summed E-state index contributed by atoms with van der Waals surface area (Å²) in [7, 11) is 0. The van der Waals surface area contributed by atoms with Gasteiger partial charge in [0, 0.05) is 6.42 Å². The summed E-state index contributed by atoms with van der Waals surface area (Å²) in [6.45, 7) is 4.49. The molecule has 0 radical (unpaired) electrons. The fraction of sp³-hybridized carbons (Fsp3) is 0.400. The van der Waals surface area contributed by atoms with Crippen molar-refractivity contribution >= 4 is 17.3 Å². The zero-order valence-electron chi connectivity index (χ0n) is 11.8. The molecule has 0 aliphatic rings. The second-order valence-electron chi connectivity index (χ2n) is 4.89. The van der Waals surface area contributed by atoms with Gasteiger partial charge in [-0.25, -0.2) is 9.37 Å². The summed E-state index contributed by atoms with van der Waals surface area (Å²) in [4.78, 5) is 7.47. The van der Waals surface area contributed by atoms with E-state index in [-0.39, 0.29) is 5.82 Å². The van der Waals surface area contributed by atoms with Crippen molar-refractivity contribution in [1.82, 2.24) is 9.97 Å². The van der Waals surface area contributed by atoms with E-state index < -0.39 is 0 Å². The lowest BCUT2D eigenvalue weighted by molar-refractivity contribution is 0.629. The van der Waals surface area contributed by atoms with Gasteiger partial charge in [0.05, 0.1) is 17.9 Å². The van der Waals surface area contributed by atoms with Crippen LogP contribution < -0.4 is 5.32 Å². The predicted octanol–water partition coefficient (Wildman–Crippen LogP) is 4.47. The number of aryl methyl sites for hydroxylation is 2. The molecule has 0 fully saturated rings. The Bertz CT molecular complexity index is 580. The highest BCUT2D eigenvalue weighted by Crippen LogP contribution is 2.19. The lowest BCUT2D eigenvalue weighted by Gasteiger charge is -2.07. The molecular formula is C15H19ClFN3. The molecule has 0 atom stereocenters. The van der Waals surface area contributed by atoms with Crippen LogP contribution in [-0.2, 0) is 13.0 Å². The zero-order chi connectivity index (χ0) is 14.5. The first kappa shape index (κ1) is 14.9. The van der Waals surface area contributed by atoms with E-state index in [1.165, 1.54) is 6.07 Å². The van der Waals surface area contributed by atoms with Crippen LogP contribution in [-0.4, -0.2) is 9.97 Å². The third-order valence-corrected chi connectivity index (χ3v) is 3.43. The summed E-state index contributed by atoms with van der Waals surface area (Å²) in [6.07, 6.45) is 3.07. The molecule has 108 valence electrons. The molecule has 5 heteroatoms. The molecule has 0 saturated heterocycles. The number of imidazole rings is 1. The van der Waals surface area contributed by atoms with E-state index >= 15 is 0 Å². The van der Waals surface area contributed by atoms with Crippen molar-refractivity contribution < 1.29 is 4.39 Å². The topological polar surface area (TPSA) is 40.7 Å². The molecule has 2 aromatic rings. The third kappa shape index (κ3) is 3.73. The number of anilines is 1. The van der Waals surface area contributed by atoms with Crippen molar-refractivity contribution in [3.8, 4) is 0 Å². The molecule has 20 heavy (non-hydrogen) atoms. The Morgan fingerprint density at radius 3 is 2.95 bits per heavy atom. The Morgan fingerprint density at radius 1 is 1.40 bits per heavy atom. The van der Waals surface area contributed by atoms with Gasteiger partial charge < -0.3 is 10.3 Å². The summed E-state index contributed by atoms with van der Waals surface area (Å²) in [5.74, 6) is 0.621. The first-order chi connectivity index (χ1) is 9.60. The molecule has 1 aromatic heterocycles. The Hall–Kier alpha value is -1.55. The Labute approximate surface area is 123 Å². The van der Waals surface area contributed by atoms with Crippen molar-refractivity contribution in [3.63, 3.8) is 0 Å². The number of aromatic amines is 1. The van der Waals surface area contributed by atoms with E-state index in [9.17, 15) is 4.39 Å². The van der Waals surface area contributed by atoms with Gasteiger partial charge in [0.1, 0.15) is 11.6 Å². The monoisotopic (exact) mass is 295 g/mol. The summed E-state index contributed by atoms with van der Waals surface area (Å²) in [6, 6.07) is 4.98. The van der Waals surface area contributed by atoms with Crippen molar-refractivity contribution in [1.29, 1.82) is 0 Å². The van der Waals surface area contributed by atoms with Gasteiger partial charge in [-0.1, -0.05) is 31.0 Å². The van der Waals surface area contributed by atoms with Gasteiger partial charge in [0.15, 0.2) is 5.15 Å². The number of hydrogen-bond donors (Lipinski definition) is 2. The highest BCUT2D eigenvalue weighted by molar-refractivity contribution is 6.30. The molecule has 3 nitrogen and oxygen atoms in total. The molecule has 0 spiro atoms. The van der Waals surface area contributed by atoms with Gasteiger partial charge in [-0.15, -0.1) is 0 Å². The molecule has 0 bridgehead atoms. The molecule has 0 aliphatic heterocycles. The van der Waals surface area contributed by atoms with Gasteiger partial charge in [-0.05, 0) is 31.0 Å². The minimum Gasteiger partial charge on any atom is -0.377 e. The molecule has 1 aromatic carbocycles. The number of H-pyrrole nitrogens is 1. The van der Waals surface area contributed by atoms with Crippen molar-refractivity contribution in [2.45, 2.75) is 39.7 Å². The maximum atomic E-state index is 13.6. The first-order valence-electron chi connectivity index (χ1n) is 6.83. The van der Waals surface area contributed by atoms with Crippen LogP contribution in [0.4, 0.5) is 10.1 Å². The maximum absolute atomic E-state index is 13.6. The van der Waals surface area contributed by atoms with E-state index in [0.717, 1.165) is 36.3 Å². The lowest BCUT2D eigenvalue weighted by Crippen LogP contribution is -2.03. The van der Waals surface area contributed by atoms with Crippen molar-refractivity contribution in [2.24, 2.45) is 0 Å². The van der Waals surface area contributed by atoms with E-state index in [4.69, 9.17) is 11.6 Å². The van der Waals surface area contributed by atoms with Gasteiger partial charge >= 0.3 is 0 Å². The normalized spacial score (nSPS) is 10.8. The molecule has 2 N–H and O–H groups in total. The fourth-order valence-corrected chi connectivity index (χ4v) is 2.19. The van der Waals surface area contributed by atoms with Crippen LogP contribution in [0.2, 0.25) is 5.15 Å². The van der Waals surface area contributed by atoms with Crippen LogP contribution in [0.3, 0.4) is 0 Å². The molecular weight excluding hydrogens is 277 g/mol. The average Bonchev–Trinajstić information content (AvgIpc) is 2.78. The summed E-state index contributed by atoms with van der Waals surface area (Å²) >= 11 is 6.09. The SMILES string of the molecule is CCCCc1nc(Cl)c(CNc2cc(C)ccc2F)[nH]1. The van der Waals surface area contributed by atoms with Crippen molar-refractivity contribution in [3.05, 3.63) is 46.3 Å². The smallest absolute Gasteiger partial charge is 0.152 e. The van der Waals surface area contributed by atoms with Gasteiger partial charge in [0.2, 0.25) is 0 Å². The molecule has 0 unspecified atom stereocenters. The summed E-state index contributed by atoms with van der Waals surface area (Å²) in [5, 5.41) is 3.50. The van der Waals surface area contributed by atoms with Crippen LogP contribution in [0.15, 0.2) is 18.2 Å². The minimum absolute atomic E-state index is 0.266. The molecule has 1 heterocycles. The van der Waals surface area contributed by atoms with E-state index in [2.05, 4.69) is 22.2 Å². The van der Waals surface area contributed by atoms with E-state index in [0.29, 0.717) is 17.4 Å². The number of halogens is 2. The number of benzene rings is 1. The summed E-state index contributed by atoms with van der Waals surface area (Å²) in [5.41, 5.74) is 2.28. The predicted molar refractivity (Wildman–Crippen MR) is 80.7 cm³/mol. The molecule has 0 saturated carbocycles. The quantitative estimate of drug-likeness (QED) is 0.826. The van der Waals surface area contributed by atoms with Crippen molar-refractivity contribution in [2.75, 3.05) is 5.32 Å². The van der Waals surface area contributed by atoms with E-state index in [1.54, 1.807) is 12.1 Å². The second kappa shape index (κ2) is 6.75. The number of hydrogen-bond acceptors (Lipinski definition) is 2. The number of nitrogens with one attached hydrogen (secondary N) is 2. The Kier molecular flexibility index (Phi) is 5.01. The fourth-order valence-electron chi connectivity index (χ4n) is 1.98. The lowest BCUT2D eigenvalue weighted by atomic mass is 10.2. The Balaban J connectivity index is 2.03. The number of rotatable bonds is 6. The van der Waals surface area contributed by atoms with Crippen LogP contribution in [0.5, 0.6) is 0 Å². The second-order valence-corrected chi connectivity index (χ2v) is 5.25. The Morgan fingerprint density at radius 2 is 2.20 bits per heavy atom. The first-order valence-corrected chi connectivity index (χ1v) is 7.21. The number of nitrogens with zero attached hydrogens (tertiary/aromatic N) is 1. The van der Waals surface area contributed by atoms with Crippen LogP contribution in [0.25, 0.3) is 0 Å². The van der Waals surface area contributed by atoms with Crippen LogP contribution in [0, 0.1) is 12.7 Å². The average molecular weight is 296 g/mol. The van der Waals surface area contributed by atoms with Gasteiger partial charge in [0.25, 0.3) is 0 Å². The van der Waals surface area contributed by atoms with Gasteiger partial charge in [-0.2, -0.15) is 0 Å². The van der Waals surface area contributed by atoms with Crippen LogP contribution in [0.1, 0.15) is 36.8 Å². The molecule has 0 amide bonds. The standard InChI is InChI=1S/C15H19ClFN3/c1-3-4-5-14-19-13(15(16)20-14)9-18-12-8-10(2)6-7-11(12)17/h6-8,18H,3-5,9H2,1-2H3,(H,19,20). The van der Waals surface area contributed by atoms with E-state index in [1.807, 2.05) is 6.92 Å². The third-order valence-electron chi connectivity index (χ3n) is 3.12. The summed E-state index contributed by atoms with van der Waals surface area (Å²) < 4.78 is 13.6. The number of aromatic nitrogens is 2. The van der Waals surface area contributed by atoms with Gasteiger partial charge in [-0.3, -0.25) is 0 Å². The zero-order valence-corrected chi connectivity index (χ0v) is 12.5. The maximum Gasteiger partial charge on any atom is 0.152 e. The largest absolute Gasteiger partial charge is 0.377 e. The van der Waals surface area contributed by atoms with Crippen LogP contribution >= 0.6 is 11.6 Å². The molecule has 0 aliphatic carbocycles. The highest BCUT2D eigenvalue weighted by Gasteiger charge is 2.09. The highest BCUT2D eigenvalue weighted by atomic mass is 35.5.